The molecular weight excluding hydrogens is 262 g/mol. The van der Waals surface area contributed by atoms with E-state index in [1.165, 1.54) is 17.4 Å². The Morgan fingerprint density at radius 3 is 2.58 bits per heavy atom. The average molecular weight is 273 g/mol. The van der Waals surface area contributed by atoms with Crippen LogP contribution in [-0.2, 0) is 0 Å². The number of aryl methyl sites for hydroxylation is 1. The Bertz CT molecular complexity index is 713. The van der Waals surface area contributed by atoms with Crippen LogP contribution in [0.25, 0.3) is 10.4 Å². The van der Waals surface area contributed by atoms with Crippen molar-refractivity contribution in [1.82, 2.24) is 0 Å². The fraction of sp³-hybridized carbons (Fsp3) is 0.154. The second-order valence-corrected chi connectivity index (χ2v) is 5.19. The molecule has 2 rings (SSSR count). The maximum atomic E-state index is 10.8. The first-order valence-electron chi connectivity index (χ1n) is 5.50. The number of hydrogen-bond donors (Lipinski definition) is 1. The van der Waals surface area contributed by atoms with Gasteiger partial charge in [-0.15, -0.1) is 11.3 Å². The average Bonchev–Trinajstić information content (AvgIpc) is 2.65. The van der Waals surface area contributed by atoms with Gasteiger partial charge >= 0.3 is 0 Å². The quantitative estimate of drug-likeness (QED) is 0.670. The molecule has 0 saturated carbocycles. The van der Waals surface area contributed by atoms with Crippen molar-refractivity contribution in [3.63, 3.8) is 0 Å². The third-order valence-electron chi connectivity index (χ3n) is 2.95. The fourth-order valence-corrected chi connectivity index (χ4v) is 2.91. The summed E-state index contributed by atoms with van der Waals surface area (Å²) in [6.07, 6.45) is 0. The van der Waals surface area contributed by atoms with Crippen molar-refractivity contribution in [3.05, 3.63) is 44.3 Å². The molecule has 1 aromatic heterocycles. The van der Waals surface area contributed by atoms with Gasteiger partial charge in [0.1, 0.15) is 10.9 Å². The number of hydrogen-bond acceptors (Lipinski definition) is 5. The van der Waals surface area contributed by atoms with Gasteiger partial charge in [-0.3, -0.25) is 10.1 Å². The number of nitrogens with zero attached hydrogens (tertiary/aromatic N) is 2. The van der Waals surface area contributed by atoms with Crippen LogP contribution in [0.1, 0.15) is 16.0 Å². The van der Waals surface area contributed by atoms with Crippen LogP contribution >= 0.6 is 11.3 Å². The second kappa shape index (κ2) is 4.71. The van der Waals surface area contributed by atoms with Crippen LogP contribution in [0.2, 0.25) is 0 Å². The molecule has 0 bridgehead atoms. The van der Waals surface area contributed by atoms with E-state index in [2.05, 4.69) is 6.07 Å². The van der Waals surface area contributed by atoms with Crippen LogP contribution in [-0.4, -0.2) is 4.92 Å². The molecule has 5 nitrogen and oxygen atoms in total. The van der Waals surface area contributed by atoms with E-state index < -0.39 is 4.92 Å². The van der Waals surface area contributed by atoms with E-state index in [0.717, 1.165) is 16.0 Å². The van der Waals surface area contributed by atoms with Gasteiger partial charge in [-0.25, -0.2) is 0 Å². The summed E-state index contributed by atoms with van der Waals surface area (Å²) in [6.45, 7) is 3.54. The molecule has 0 unspecified atom stereocenters. The summed E-state index contributed by atoms with van der Waals surface area (Å²) in [4.78, 5) is 11.7. The number of nitrogen functional groups attached to an aromatic ring is 1. The van der Waals surface area contributed by atoms with E-state index in [9.17, 15) is 10.1 Å². The lowest BCUT2D eigenvalue weighted by Gasteiger charge is -2.03. The minimum Gasteiger partial charge on any atom is -0.397 e. The highest BCUT2D eigenvalue weighted by molar-refractivity contribution is 7.16. The molecule has 0 spiro atoms. The van der Waals surface area contributed by atoms with Crippen molar-refractivity contribution < 1.29 is 4.92 Å². The van der Waals surface area contributed by atoms with Crippen LogP contribution in [0.5, 0.6) is 0 Å². The SMILES string of the molecule is Cc1cc(-c2sc(C#N)c(N)c2C)ccc1[N+](=O)[O-]. The summed E-state index contributed by atoms with van der Waals surface area (Å²) in [5.41, 5.74) is 8.70. The van der Waals surface area contributed by atoms with Crippen LogP contribution in [0.3, 0.4) is 0 Å². The molecule has 2 N–H and O–H groups in total. The number of thiophene rings is 1. The Balaban J connectivity index is 2.58. The van der Waals surface area contributed by atoms with Crippen LogP contribution in [0, 0.1) is 35.3 Å². The van der Waals surface area contributed by atoms with Gasteiger partial charge in [0.05, 0.1) is 10.6 Å². The van der Waals surface area contributed by atoms with Gasteiger partial charge in [0, 0.05) is 16.5 Å². The minimum absolute atomic E-state index is 0.0893. The smallest absolute Gasteiger partial charge is 0.272 e. The zero-order valence-electron chi connectivity index (χ0n) is 10.4. The summed E-state index contributed by atoms with van der Waals surface area (Å²) in [6, 6.07) is 6.97. The van der Waals surface area contributed by atoms with E-state index in [-0.39, 0.29) is 5.69 Å². The minimum atomic E-state index is -0.407. The fourth-order valence-electron chi connectivity index (χ4n) is 1.89. The normalized spacial score (nSPS) is 10.2. The van der Waals surface area contributed by atoms with Crippen LogP contribution in [0.4, 0.5) is 11.4 Å². The van der Waals surface area contributed by atoms with Crippen molar-refractivity contribution in [2.24, 2.45) is 0 Å². The predicted molar refractivity (Wildman–Crippen MR) is 75.0 cm³/mol. The highest BCUT2D eigenvalue weighted by Crippen LogP contribution is 2.38. The molecule has 0 aliphatic rings. The Hall–Kier alpha value is -2.39. The van der Waals surface area contributed by atoms with E-state index in [1.807, 2.05) is 6.92 Å². The van der Waals surface area contributed by atoms with Crippen molar-refractivity contribution >= 4 is 22.7 Å². The summed E-state index contributed by atoms with van der Waals surface area (Å²) in [5.74, 6) is 0. The Morgan fingerprint density at radius 1 is 1.42 bits per heavy atom. The Morgan fingerprint density at radius 2 is 2.11 bits per heavy atom. The molecule has 96 valence electrons. The third kappa shape index (κ3) is 2.16. The highest BCUT2D eigenvalue weighted by atomic mass is 32.1. The highest BCUT2D eigenvalue weighted by Gasteiger charge is 2.16. The number of nitro groups is 1. The standard InChI is InChI=1S/C13H11N3O2S/c1-7-5-9(3-4-10(7)16(17)18)13-8(2)12(15)11(6-14)19-13/h3-5H,15H2,1-2H3. The molecule has 6 heteroatoms. The number of benzene rings is 1. The van der Waals surface area contributed by atoms with E-state index in [1.54, 1.807) is 19.1 Å². The zero-order valence-corrected chi connectivity index (χ0v) is 11.2. The first kappa shape index (κ1) is 13.1. The molecule has 1 heterocycles. The topological polar surface area (TPSA) is 93.0 Å². The van der Waals surface area contributed by atoms with Gasteiger partial charge in [-0.1, -0.05) is 0 Å². The van der Waals surface area contributed by atoms with Crippen molar-refractivity contribution in [1.29, 1.82) is 5.26 Å². The van der Waals surface area contributed by atoms with Gasteiger partial charge < -0.3 is 5.73 Å². The van der Waals surface area contributed by atoms with Gasteiger partial charge in [0.25, 0.3) is 5.69 Å². The molecule has 19 heavy (non-hydrogen) atoms. The number of rotatable bonds is 2. The third-order valence-corrected chi connectivity index (χ3v) is 4.21. The van der Waals surface area contributed by atoms with Crippen molar-refractivity contribution in [3.8, 4) is 16.5 Å². The summed E-state index contributed by atoms with van der Waals surface area (Å²) < 4.78 is 0. The second-order valence-electron chi connectivity index (χ2n) is 4.17. The Labute approximate surface area is 114 Å². The molecule has 0 aliphatic carbocycles. The van der Waals surface area contributed by atoms with Crippen molar-refractivity contribution in [2.45, 2.75) is 13.8 Å². The van der Waals surface area contributed by atoms with Gasteiger partial charge in [-0.05, 0) is 37.1 Å². The van der Waals surface area contributed by atoms with Crippen LogP contribution in [0.15, 0.2) is 18.2 Å². The lowest BCUT2D eigenvalue weighted by atomic mass is 10.1. The van der Waals surface area contributed by atoms with E-state index >= 15 is 0 Å². The number of nitro benzene ring substituents is 1. The monoisotopic (exact) mass is 273 g/mol. The molecule has 1 aromatic carbocycles. The zero-order chi connectivity index (χ0) is 14.2. The summed E-state index contributed by atoms with van der Waals surface area (Å²) in [5, 5.41) is 19.8. The van der Waals surface area contributed by atoms with E-state index in [4.69, 9.17) is 11.0 Å². The predicted octanol–water partition coefficient (Wildman–Crippen LogP) is 3.39. The molecule has 0 aliphatic heterocycles. The van der Waals surface area contributed by atoms with Crippen LogP contribution < -0.4 is 5.73 Å². The molecule has 0 saturated heterocycles. The molecular formula is C13H11N3O2S. The van der Waals surface area contributed by atoms with Crippen molar-refractivity contribution in [2.75, 3.05) is 5.73 Å². The maximum Gasteiger partial charge on any atom is 0.272 e. The molecule has 0 fully saturated rings. The number of nitriles is 1. The first-order chi connectivity index (χ1) is 8.95. The molecule has 0 radical (unpaired) electrons. The molecule has 0 atom stereocenters. The first-order valence-corrected chi connectivity index (χ1v) is 6.31. The Kier molecular flexibility index (Phi) is 3.23. The largest absolute Gasteiger partial charge is 0.397 e. The lowest BCUT2D eigenvalue weighted by molar-refractivity contribution is -0.385. The summed E-state index contributed by atoms with van der Waals surface area (Å²) in [7, 11) is 0. The van der Waals surface area contributed by atoms with E-state index in [0.29, 0.717) is 16.1 Å². The maximum absolute atomic E-state index is 10.8. The molecule has 0 amide bonds. The van der Waals surface area contributed by atoms with Gasteiger partial charge in [0.15, 0.2) is 0 Å². The molecule has 2 aromatic rings. The number of anilines is 1. The summed E-state index contributed by atoms with van der Waals surface area (Å²) >= 11 is 1.31. The number of nitrogens with two attached hydrogens (primary N) is 1. The van der Waals surface area contributed by atoms with Gasteiger partial charge in [-0.2, -0.15) is 5.26 Å². The lowest BCUT2D eigenvalue weighted by Crippen LogP contribution is -1.92. The van der Waals surface area contributed by atoms with Gasteiger partial charge in [0.2, 0.25) is 0 Å².